The van der Waals surface area contributed by atoms with Gasteiger partial charge in [-0.1, -0.05) is 0 Å². The minimum atomic E-state index is -0.482. The molecular weight excluding hydrogens is 228 g/mol. The van der Waals surface area contributed by atoms with Crippen LogP contribution in [0.5, 0.6) is 0 Å². The number of carbonyl (C=O) groups is 1. The lowest BCUT2D eigenvalue weighted by Crippen LogP contribution is -2.52. The zero-order valence-electron chi connectivity index (χ0n) is 11.2. The van der Waals surface area contributed by atoms with Crippen LogP contribution in [0.15, 0.2) is 0 Å². The van der Waals surface area contributed by atoms with Crippen molar-refractivity contribution in [1.82, 2.24) is 0 Å². The van der Waals surface area contributed by atoms with Gasteiger partial charge in [0.1, 0.15) is 0 Å². The van der Waals surface area contributed by atoms with Crippen molar-refractivity contribution in [3.63, 3.8) is 0 Å². The van der Waals surface area contributed by atoms with Gasteiger partial charge in [0.2, 0.25) is 0 Å². The summed E-state index contributed by atoms with van der Waals surface area (Å²) in [7, 11) is 0. The Morgan fingerprint density at radius 1 is 1.22 bits per heavy atom. The second kappa shape index (κ2) is 4.52. The Balaban J connectivity index is 1.69. The Kier molecular flexibility index (Phi) is 3.13. The van der Waals surface area contributed by atoms with E-state index in [0.717, 1.165) is 37.0 Å². The number of rotatable bonds is 4. The van der Waals surface area contributed by atoms with E-state index in [1.165, 1.54) is 19.3 Å². The van der Waals surface area contributed by atoms with Gasteiger partial charge in [-0.15, -0.1) is 0 Å². The standard InChI is InChI=1S/C15H24O3/c1-2-18-14(17)6-13(16)15-7-10-3-11(8-15)5-12(4-10)9-15/h10-13,16H,2-9H2,1H3/t10?,11?,12?,13-,15?/m1/s1. The molecule has 4 saturated carbocycles. The van der Waals surface area contributed by atoms with Crippen LogP contribution >= 0.6 is 0 Å². The Bertz CT molecular complexity index is 301. The van der Waals surface area contributed by atoms with Gasteiger partial charge in [-0.05, 0) is 68.6 Å². The summed E-state index contributed by atoms with van der Waals surface area (Å²) in [4.78, 5) is 11.6. The summed E-state index contributed by atoms with van der Waals surface area (Å²) in [6.07, 6.45) is 7.23. The van der Waals surface area contributed by atoms with Crippen LogP contribution in [0, 0.1) is 23.2 Å². The molecule has 0 aromatic heterocycles. The summed E-state index contributed by atoms with van der Waals surface area (Å²) in [5, 5.41) is 10.5. The lowest BCUT2D eigenvalue weighted by atomic mass is 9.48. The smallest absolute Gasteiger partial charge is 0.308 e. The fourth-order valence-electron chi connectivity index (χ4n) is 5.18. The molecule has 0 amide bonds. The zero-order chi connectivity index (χ0) is 12.8. The van der Waals surface area contributed by atoms with Crippen molar-refractivity contribution in [3.8, 4) is 0 Å². The van der Waals surface area contributed by atoms with Gasteiger partial charge in [-0.2, -0.15) is 0 Å². The van der Waals surface area contributed by atoms with Crippen molar-refractivity contribution < 1.29 is 14.6 Å². The summed E-state index contributed by atoms with van der Waals surface area (Å²) in [5.41, 5.74) is 0.0432. The van der Waals surface area contributed by atoms with Crippen molar-refractivity contribution in [3.05, 3.63) is 0 Å². The van der Waals surface area contributed by atoms with Crippen LogP contribution in [-0.4, -0.2) is 23.8 Å². The summed E-state index contributed by atoms with van der Waals surface area (Å²) in [6, 6.07) is 0. The van der Waals surface area contributed by atoms with Crippen LogP contribution in [0.25, 0.3) is 0 Å². The number of ether oxygens (including phenoxy) is 1. The second-order valence-corrected chi connectivity index (χ2v) is 6.80. The monoisotopic (exact) mass is 252 g/mol. The van der Waals surface area contributed by atoms with Gasteiger partial charge in [-0.3, -0.25) is 4.79 Å². The highest BCUT2D eigenvalue weighted by Crippen LogP contribution is 2.61. The van der Waals surface area contributed by atoms with Crippen LogP contribution in [0.2, 0.25) is 0 Å². The van der Waals surface area contributed by atoms with Crippen molar-refractivity contribution >= 4 is 5.97 Å². The Morgan fingerprint density at radius 3 is 2.17 bits per heavy atom. The number of hydrogen-bond donors (Lipinski definition) is 1. The molecule has 4 aliphatic rings. The average molecular weight is 252 g/mol. The van der Waals surface area contributed by atoms with Crippen LogP contribution in [0.3, 0.4) is 0 Å². The van der Waals surface area contributed by atoms with E-state index in [-0.39, 0.29) is 17.8 Å². The minimum absolute atomic E-state index is 0.0432. The summed E-state index contributed by atoms with van der Waals surface area (Å²) in [6.45, 7) is 2.22. The molecule has 0 saturated heterocycles. The number of hydrogen-bond acceptors (Lipinski definition) is 3. The van der Waals surface area contributed by atoms with E-state index in [4.69, 9.17) is 4.74 Å². The van der Waals surface area contributed by atoms with Gasteiger partial charge < -0.3 is 9.84 Å². The van der Waals surface area contributed by atoms with Gasteiger partial charge in [0, 0.05) is 0 Å². The number of carbonyl (C=O) groups excluding carboxylic acids is 1. The van der Waals surface area contributed by atoms with Crippen LogP contribution in [0.4, 0.5) is 0 Å². The van der Waals surface area contributed by atoms with Gasteiger partial charge in [0.15, 0.2) is 0 Å². The molecule has 0 aliphatic heterocycles. The van der Waals surface area contributed by atoms with Gasteiger partial charge in [0.25, 0.3) is 0 Å². The first-order valence-electron chi connectivity index (χ1n) is 7.45. The Hall–Kier alpha value is -0.570. The quantitative estimate of drug-likeness (QED) is 0.782. The SMILES string of the molecule is CCOC(=O)C[C@@H](O)C12CC3CC(CC(C3)C1)C2. The molecule has 4 aliphatic carbocycles. The molecule has 0 aromatic carbocycles. The molecule has 1 atom stereocenters. The average Bonchev–Trinajstić information content (AvgIpc) is 2.27. The Labute approximate surface area is 109 Å². The number of aliphatic hydroxyl groups excluding tert-OH is 1. The maximum atomic E-state index is 11.6. The molecule has 4 fully saturated rings. The van der Waals surface area contributed by atoms with E-state index < -0.39 is 6.10 Å². The predicted molar refractivity (Wildman–Crippen MR) is 67.9 cm³/mol. The highest BCUT2D eigenvalue weighted by molar-refractivity contribution is 5.70. The summed E-state index contributed by atoms with van der Waals surface area (Å²) in [5.74, 6) is 2.20. The molecule has 0 heterocycles. The summed E-state index contributed by atoms with van der Waals surface area (Å²) < 4.78 is 4.98. The van der Waals surface area contributed by atoms with Gasteiger partial charge in [0.05, 0.1) is 19.1 Å². The van der Waals surface area contributed by atoms with Crippen molar-refractivity contribution in [2.24, 2.45) is 23.2 Å². The van der Waals surface area contributed by atoms with Crippen LogP contribution in [0.1, 0.15) is 51.9 Å². The molecular formula is C15H24O3. The van der Waals surface area contributed by atoms with E-state index in [1.807, 2.05) is 6.92 Å². The van der Waals surface area contributed by atoms with E-state index >= 15 is 0 Å². The molecule has 18 heavy (non-hydrogen) atoms. The van der Waals surface area contributed by atoms with Crippen LogP contribution < -0.4 is 0 Å². The third-order valence-corrected chi connectivity index (χ3v) is 5.46. The lowest BCUT2D eigenvalue weighted by Gasteiger charge is -2.58. The first kappa shape index (κ1) is 12.5. The fourth-order valence-corrected chi connectivity index (χ4v) is 5.18. The molecule has 4 rings (SSSR count). The largest absolute Gasteiger partial charge is 0.466 e. The van der Waals surface area contributed by atoms with Crippen LogP contribution in [-0.2, 0) is 9.53 Å². The fraction of sp³-hybridized carbons (Fsp3) is 0.933. The molecule has 0 spiro atoms. The second-order valence-electron chi connectivity index (χ2n) is 6.80. The van der Waals surface area contributed by atoms with E-state index in [9.17, 15) is 9.90 Å². The molecule has 1 N–H and O–H groups in total. The van der Waals surface area contributed by atoms with E-state index in [1.54, 1.807) is 0 Å². The number of esters is 1. The lowest BCUT2D eigenvalue weighted by molar-refractivity contribution is -0.156. The normalized spacial score (nSPS) is 42.9. The molecule has 102 valence electrons. The predicted octanol–water partition coefficient (Wildman–Crippen LogP) is 2.52. The molecule has 0 aromatic rings. The van der Waals surface area contributed by atoms with Gasteiger partial charge >= 0.3 is 5.97 Å². The molecule has 0 radical (unpaired) electrons. The highest BCUT2D eigenvalue weighted by Gasteiger charge is 2.54. The van der Waals surface area contributed by atoms with Crippen molar-refractivity contribution in [1.29, 1.82) is 0 Å². The van der Waals surface area contributed by atoms with E-state index in [0.29, 0.717) is 6.61 Å². The first-order valence-corrected chi connectivity index (χ1v) is 7.45. The Morgan fingerprint density at radius 2 is 1.72 bits per heavy atom. The molecule has 4 bridgehead atoms. The maximum absolute atomic E-state index is 11.6. The summed E-state index contributed by atoms with van der Waals surface area (Å²) >= 11 is 0. The number of aliphatic hydroxyl groups is 1. The van der Waals surface area contributed by atoms with Crippen molar-refractivity contribution in [2.75, 3.05) is 6.61 Å². The molecule has 3 heteroatoms. The minimum Gasteiger partial charge on any atom is -0.466 e. The molecule has 3 nitrogen and oxygen atoms in total. The third-order valence-electron chi connectivity index (χ3n) is 5.46. The first-order chi connectivity index (χ1) is 8.61. The maximum Gasteiger partial charge on any atom is 0.308 e. The topological polar surface area (TPSA) is 46.5 Å². The highest BCUT2D eigenvalue weighted by atomic mass is 16.5. The molecule has 0 unspecified atom stereocenters. The third kappa shape index (κ3) is 2.07. The zero-order valence-corrected chi connectivity index (χ0v) is 11.2. The van der Waals surface area contributed by atoms with Crippen molar-refractivity contribution in [2.45, 2.75) is 58.0 Å². The van der Waals surface area contributed by atoms with Gasteiger partial charge in [-0.25, -0.2) is 0 Å². The van der Waals surface area contributed by atoms with E-state index in [2.05, 4.69) is 0 Å².